The number of benzene rings is 1. The predicted molar refractivity (Wildman–Crippen MR) is 73.0 cm³/mol. The zero-order valence-corrected chi connectivity index (χ0v) is 11.8. The Morgan fingerprint density at radius 3 is 2.58 bits per heavy atom. The molecule has 8 heteroatoms. The number of amides is 1. The zero-order chi connectivity index (χ0) is 14.6. The van der Waals surface area contributed by atoms with Gasteiger partial charge in [0, 0.05) is 0 Å². The molecule has 0 aliphatic heterocycles. The van der Waals surface area contributed by atoms with E-state index in [9.17, 15) is 13.2 Å². The number of hydrogen-bond donors (Lipinski definition) is 3. The molecule has 0 spiro atoms. The highest BCUT2D eigenvalue weighted by Gasteiger charge is 2.18. The number of hydrogen-bond acceptors (Lipinski definition) is 5. The fraction of sp³-hybridized carbons (Fsp3) is 0.364. The first kappa shape index (κ1) is 15.1. The van der Waals surface area contributed by atoms with Gasteiger partial charge >= 0.3 is 16.3 Å². The first-order valence-corrected chi connectivity index (χ1v) is 7.08. The number of nitrogens with one attached hydrogen (secondary N) is 2. The predicted octanol–water partition coefficient (Wildman–Crippen LogP) is 1.29. The van der Waals surface area contributed by atoms with Gasteiger partial charge in [-0.25, -0.2) is 9.52 Å². The van der Waals surface area contributed by atoms with Crippen LogP contribution in [0.3, 0.4) is 0 Å². The molecule has 4 N–H and O–H groups in total. The minimum absolute atomic E-state index is 0.0764. The minimum Gasteiger partial charge on any atom is -0.449 e. The van der Waals surface area contributed by atoms with E-state index in [1.807, 2.05) is 6.92 Å². The van der Waals surface area contributed by atoms with Gasteiger partial charge < -0.3 is 10.5 Å². The number of carbonyl (C=O) groups is 1. The first-order valence-electron chi connectivity index (χ1n) is 5.59. The summed E-state index contributed by atoms with van der Waals surface area (Å²) >= 11 is 0. The Morgan fingerprint density at radius 1 is 1.37 bits per heavy atom. The summed E-state index contributed by atoms with van der Waals surface area (Å²) in [5, 5.41) is 0. The Bertz CT molecular complexity index is 584. The Kier molecular flexibility index (Phi) is 4.60. The summed E-state index contributed by atoms with van der Waals surface area (Å²) in [6.07, 6.45) is -1.04. The number of carbonyl (C=O) groups excluding carboxylic acids is 1. The molecule has 0 unspecified atom stereocenters. The second-order valence-electron chi connectivity index (χ2n) is 3.90. The fourth-order valence-corrected chi connectivity index (χ4v) is 2.27. The molecule has 1 aromatic rings. The van der Waals surface area contributed by atoms with Crippen LogP contribution >= 0.6 is 0 Å². The third-order valence-electron chi connectivity index (χ3n) is 2.50. The maximum absolute atomic E-state index is 11.7. The first-order chi connectivity index (χ1) is 8.76. The van der Waals surface area contributed by atoms with Crippen LogP contribution in [0.2, 0.25) is 0 Å². The third-order valence-corrected chi connectivity index (χ3v) is 3.41. The van der Waals surface area contributed by atoms with Crippen LogP contribution in [0.25, 0.3) is 0 Å². The lowest BCUT2D eigenvalue weighted by atomic mass is 10.1. The van der Waals surface area contributed by atoms with Gasteiger partial charge in [-0.3, -0.25) is 4.72 Å². The molecule has 0 bridgehead atoms. The van der Waals surface area contributed by atoms with Crippen LogP contribution in [-0.4, -0.2) is 21.1 Å². The number of nitrogens with two attached hydrogens (primary N) is 1. The second-order valence-corrected chi connectivity index (χ2v) is 5.31. The van der Waals surface area contributed by atoms with Crippen molar-refractivity contribution in [3.63, 3.8) is 0 Å². The molecular formula is C11H17N3O4S. The van der Waals surface area contributed by atoms with Gasteiger partial charge in [-0.2, -0.15) is 8.42 Å². The Balaban J connectivity index is 2.96. The van der Waals surface area contributed by atoms with Crippen molar-refractivity contribution >= 4 is 27.7 Å². The maximum Gasteiger partial charge on any atom is 0.422 e. The molecule has 1 rings (SSSR count). The quantitative estimate of drug-likeness (QED) is 0.723. The van der Waals surface area contributed by atoms with Gasteiger partial charge in [0.2, 0.25) is 0 Å². The summed E-state index contributed by atoms with van der Waals surface area (Å²) in [6.45, 7) is 5.20. The molecule has 0 atom stereocenters. The molecule has 0 fully saturated rings. The van der Waals surface area contributed by atoms with Crippen LogP contribution in [0.1, 0.15) is 18.1 Å². The van der Waals surface area contributed by atoms with Gasteiger partial charge in [-0.05, 0) is 38.0 Å². The largest absolute Gasteiger partial charge is 0.449 e. The zero-order valence-electron chi connectivity index (χ0n) is 11.0. The SMILES string of the molecule is CCOC(=O)NS(=O)(=O)Nc1c(N)ccc(C)c1C. The van der Waals surface area contributed by atoms with Crippen LogP contribution in [-0.2, 0) is 14.9 Å². The lowest BCUT2D eigenvalue weighted by Crippen LogP contribution is -2.36. The molecular weight excluding hydrogens is 270 g/mol. The number of anilines is 2. The average molecular weight is 287 g/mol. The lowest BCUT2D eigenvalue weighted by Gasteiger charge is -2.14. The van der Waals surface area contributed by atoms with E-state index in [-0.39, 0.29) is 18.0 Å². The van der Waals surface area contributed by atoms with Crippen LogP contribution in [0.4, 0.5) is 16.2 Å². The van der Waals surface area contributed by atoms with E-state index < -0.39 is 16.3 Å². The van der Waals surface area contributed by atoms with Gasteiger partial charge in [0.1, 0.15) is 0 Å². The normalized spacial score (nSPS) is 10.9. The number of nitrogen functional groups attached to an aromatic ring is 1. The van der Waals surface area contributed by atoms with E-state index in [4.69, 9.17) is 5.73 Å². The molecule has 1 aromatic carbocycles. The molecule has 0 saturated heterocycles. The minimum atomic E-state index is -4.07. The van der Waals surface area contributed by atoms with E-state index in [0.717, 1.165) is 5.56 Å². The molecule has 0 aliphatic rings. The summed E-state index contributed by atoms with van der Waals surface area (Å²) in [6, 6.07) is 3.37. The van der Waals surface area contributed by atoms with Crippen molar-refractivity contribution in [1.29, 1.82) is 0 Å². The van der Waals surface area contributed by atoms with Crippen LogP contribution in [0.15, 0.2) is 12.1 Å². The van der Waals surface area contributed by atoms with Crippen molar-refractivity contribution in [3.05, 3.63) is 23.3 Å². The monoisotopic (exact) mass is 287 g/mol. The van der Waals surface area contributed by atoms with Crippen molar-refractivity contribution < 1.29 is 17.9 Å². The summed E-state index contributed by atoms with van der Waals surface area (Å²) in [5.74, 6) is 0. The molecule has 0 heterocycles. The summed E-state index contributed by atoms with van der Waals surface area (Å²) in [7, 11) is -4.07. The van der Waals surface area contributed by atoms with E-state index in [1.54, 1.807) is 30.7 Å². The number of aryl methyl sites for hydroxylation is 1. The summed E-state index contributed by atoms with van der Waals surface area (Å²) in [4.78, 5) is 11.1. The van der Waals surface area contributed by atoms with E-state index in [1.165, 1.54) is 0 Å². The van der Waals surface area contributed by atoms with E-state index in [2.05, 4.69) is 9.46 Å². The van der Waals surface area contributed by atoms with E-state index >= 15 is 0 Å². The van der Waals surface area contributed by atoms with E-state index in [0.29, 0.717) is 5.56 Å². The summed E-state index contributed by atoms with van der Waals surface area (Å²) in [5.41, 5.74) is 7.81. The van der Waals surface area contributed by atoms with Crippen molar-refractivity contribution in [1.82, 2.24) is 4.72 Å². The number of ether oxygens (including phenoxy) is 1. The number of rotatable bonds is 4. The van der Waals surface area contributed by atoms with Gasteiger partial charge in [-0.1, -0.05) is 6.07 Å². The Labute approximate surface area is 112 Å². The average Bonchev–Trinajstić information content (AvgIpc) is 2.29. The van der Waals surface area contributed by atoms with Gasteiger partial charge in [0.25, 0.3) is 0 Å². The molecule has 19 heavy (non-hydrogen) atoms. The van der Waals surface area contributed by atoms with Crippen molar-refractivity contribution in [3.8, 4) is 0 Å². The highest BCUT2D eigenvalue weighted by Crippen LogP contribution is 2.26. The topological polar surface area (TPSA) is 111 Å². The standard InChI is InChI=1S/C11H17N3O4S/c1-4-18-11(15)14-19(16,17)13-10-8(3)7(2)5-6-9(10)12/h5-6,13H,4,12H2,1-3H3,(H,14,15). The molecule has 7 nitrogen and oxygen atoms in total. The molecule has 0 saturated carbocycles. The fourth-order valence-electron chi connectivity index (χ4n) is 1.40. The highest BCUT2D eigenvalue weighted by atomic mass is 32.2. The second kappa shape index (κ2) is 5.79. The molecule has 0 aromatic heterocycles. The van der Waals surface area contributed by atoms with Gasteiger partial charge in [0.15, 0.2) is 0 Å². The Hall–Kier alpha value is -1.96. The third kappa shape index (κ3) is 4.02. The van der Waals surface area contributed by atoms with Crippen molar-refractivity contribution in [2.24, 2.45) is 0 Å². The highest BCUT2D eigenvalue weighted by molar-refractivity contribution is 7.91. The maximum atomic E-state index is 11.7. The van der Waals surface area contributed by atoms with Crippen molar-refractivity contribution in [2.45, 2.75) is 20.8 Å². The molecule has 0 aliphatic carbocycles. The van der Waals surface area contributed by atoms with Crippen LogP contribution in [0.5, 0.6) is 0 Å². The van der Waals surface area contributed by atoms with Gasteiger partial charge in [0.05, 0.1) is 18.0 Å². The van der Waals surface area contributed by atoms with Crippen molar-refractivity contribution in [2.75, 3.05) is 17.1 Å². The van der Waals surface area contributed by atoms with Crippen LogP contribution < -0.4 is 15.2 Å². The molecule has 106 valence electrons. The Morgan fingerprint density at radius 2 is 2.00 bits per heavy atom. The summed E-state index contributed by atoms with van der Waals surface area (Å²) < 4.78 is 31.9. The lowest BCUT2D eigenvalue weighted by molar-refractivity contribution is 0.159. The molecule has 1 amide bonds. The van der Waals surface area contributed by atoms with Gasteiger partial charge in [-0.15, -0.1) is 0 Å². The van der Waals surface area contributed by atoms with Crippen LogP contribution in [0, 0.1) is 13.8 Å². The molecule has 0 radical (unpaired) electrons. The smallest absolute Gasteiger partial charge is 0.422 e.